The van der Waals surface area contributed by atoms with E-state index in [-0.39, 0.29) is 0 Å². The van der Waals surface area contributed by atoms with Crippen molar-refractivity contribution in [3.63, 3.8) is 0 Å². The molecule has 1 aromatic rings. The third-order valence-electron chi connectivity index (χ3n) is 2.19. The molecule has 0 saturated carbocycles. The maximum absolute atomic E-state index is 5.71. The summed E-state index contributed by atoms with van der Waals surface area (Å²) in [6.07, 6.45) is 0. The first-order chi connectivity index (χ1) is 7.33. The monoisotopic (exact) mass is 228 g/mol. The van der Waals surface area contributed by atoms with E-state index in [0.29, 0.717) is 30.4 Å². The van der Waals surface area contributed by atoms with Crippen LogP contribution in [-0.4, -0.2) is 36.6 Å². The Labute approximate surface area is 92.4 Å². The van der Waals surface area contributed by atoms with Gasteiger partial charge in [-0.2, -0.15) is 0 Å². The Morgan fingerprint density at radius 2 is 2.13 bits per heavy atom. The smallest absolute Gasteiger partial charge is 0.203 e. The highest BCUT2D eigenvalue weighted by Gasteiger charge is 2.20. The predicted molar refractivity (Wildman–Crippen MR) is 58.5 cm³/mol. The van der Waals surface area contributed by atoms with Crippen LogP contribution in [0, 0.1) is 0 Å². The molecule has 1 saturated heterocycles. The SMILES string of the molecule is N/C(=C\S)c1nonc1N1CCOCC1. The average molecular weight is 228 g/mol. The van der Waals surface area contributed by atoms with E-state index in [4.69, 9.17) is 10.5 Å². The van der Waals surface area contributed by atoms with Gasteiger partial charge in [-0.1, -0.05) is 0 Å². The second kappa shape index (κ2) is 4.54. The second-order valence-electron chi connectivity index (χ2n) is 3.12. The molecule has 0 aromatic carbocycles. The molecule has 1 aromatic heterocycles. The Morgan fingerprint density at radius 1 is 1.40 bits per heavy atom. The van der Waals surface area contributed by atoms with E-state index in [1.54, 1.807) is 0 Å². The lowest BCUT2D eigenvalue weighted by Crippen LogP contribution is -2.37. The summed E-state index contributed by atoms with van der Waals surface area (Å²) in [4.78, 5) is 2.03. The Balaban J connectivity index is 2.23. The first-order valence-electron chi connectivity index (χ1n) is 4.58. The van der Waals surface area contributed by atoms with Crippen molar-refractivity contribution >= 4 is 24.1 Å². The molecule has 0 spiro atoms. The number of nitrogens with two attached hydrogens (primary N) is 1. The van der Waals surface area contributed by atoms with Crippen LogP contribution < -0.4 is 10.6 Å². The average Bonchev–Trinajstić information content (AvgIpc) is 2.78. The van der Waals surface area contributed by atoms with Gasteiger partial charge in [0.05, 0.1) is 18.9 Å². The highest BCUT2D eigenvalue weighted by Crippen LogP contribution is 2.21. The minimum Gasteiger partial charge on any atom is -0.396 e. The Bertz CT molecular complexity index is 359. The summed E-state index contributed by atoms with van der Waals surface area (Å²) in [6.45, 7) is 2.88. The van der Waals surface area contributed by atoms with Crippen LogP contribution in [0.25, 0.3) is 5.70 Å². The largest absolute Gasteiger partial charge is 0.396 e. The van der Waals surface area contributed by atoms with E-state index in [1.165, 1.54) is 5.41 Å². The molecule has 2 heterocycles. The van der Waals surface area contributed by atoms with Crippen LogP contribution >= 0.6 is 12.6 Å². The molecule has 0 unspecified atom stereocenters. The lowest BCUT2D eigenvalue weighted by atomic mass is 10.3. The fraction of sp³-hybridized carbons (Fsp3) is 0.500. The number of morpholine rings is 1. The number of aromatic nitrogens is 2. The summed E-state index contributed by atoms with van der Waals surface area (Å²) in [5.74, 6) is 0.654. The van der Waals surface area contributed by atoms with Gasteiger partial charge in [-0.15, -0.1) is 12.6 Å². The molecule has 1 fully saturated rings. The minimum absolute atomic E-state index is 0.445. The van der Waals surface area contributed by atoms with Gasteiger partial charge in [0.25, 0.3) is 0 Å². The molecule has 1 aliphatic heterocycles. The minimum atomic E-state index is 0.445. The standard InChI is InChI=1S/C8H12N4O2S/c9-6(5-15)7-8(11-14-10-7)12-1-3-13-4-2-12/h5,15H,1-4,9H2/b6-5-. The zero-order valence-corrected chi connectivity index (χ0v) is 8.98. The van der Waals surface area contributed by atoms with Gasteiger partial charge >= 0.3 is 0 Å². The molecule has 0 aliphatic carbocycles. The van der Waals surface area contributed by atoms with Gasteiger partial charge in [0.1, 0.15) is 0 Å². The first-order valence-corrected chi connectivity index (χ1v) is 5.10. The Hall–Kier alpha value is -1.21. The molecule has 0 amide bonds. The highest BCUT2D eigenvalue weighted by molar-refractivity contribution is 7.83. The molecular formula is C8H12N4O2S. The number of thiol groups is 1. The maximum atomic E-state index is 5.71. The maximum Gasteiger partial charge on any atom is 0.203 e. The third-order valence-corrected chi connectivity index (χ3v) is 2.47. The lowest BCUT2D eigenvalue weighted by Gasteiger charge is -2.26. The molecule has 2 N–H and O–H groups in total. The zero-order valence-electron chi connectivity index (χ0n) is 8.09. The second-order valence-corrected chi connectivity index (χ2v) is 3.38. The number of hydrogen-bond donors (Lipinski definition) is 2. The summed E-state index contributed by atoms with van der Waals surface area (Å²) in [7, 11) is 0. The highest BCUT2D eigenvalue weighted by atomic mass is 32.1. The van der Waals surface area contributed by atoms with Gasteiger partial charge in [0.2, 0.25) is 5.82 Å². The fourth-order valence-corrected chi connectivity index (χ4v) is 1.53. The molecule has 0 bridgehead atoms. The number of ether oxygens (including phenoxy) is 1. The molecule has 82 valence electrons. The van der Waals surface area contributed by atoms with Crippen molar-refractivity contribution in [2.24, 2.45) is 5.73 Å². The van der Waals surface area contributed by atoms with Crippen molar-refractivity contribution < 1.29 is 9.37 Å². The van der Waals surface area contributed by atoms with E-state index in [0.717, 1.165) is 13.1 Å². The van der Waals surface area contributed by atoms with Crippen molar-refractivity contribution in [2.75, 3.05) is 31.2 Å². The van der Waals surface area contributed by atoms with Crippen LogP contribution in [-0.2, 0) is 4.74 Å². The molecule has 0 radical (unpaired) electrons. The summed E-state index contributed by atoms with van der Waals surface area (Å²) < 4.78 is 9.93. The van der Waals surface area contributed by atoms with E-state index in [2.05, 4.69) is 27.6 Å². The Kier molecular flexibility index (Phi) is 3.12. The summed E-state index contributed by atoms with van der Waals surface area (Å²) >= 11 is 3.97. The van der Waals surface area contributed by atoms with Crippen LogP contribution in [0.1, 0.15) is 5.69 Å². The van der Waals surface area contributed by atoms with Gasteiger partial charge in [0, 0.05) is 13.1 Å². The summed E-state index contributed by atoms with van der Waals surface area (Å²) in [6, 6.07) is 0. The Morgan fingerprint density at radius 3 is 2.80 bits per heavy atom. The summed E-state index contributed by atoms with van der Waals surface area (Å²) in [5, 5.41) is 9.07. The van der Waals surface area contributed by atoms with Crippen molar-refractivity contribution in [1.29, 1.82) is 0 Å². The van der Waals surface area contributed by atoms with Crippen LogP contribution in [0.2, 0.25) is 0 Å². The van der Waals surface area contributed by atoms with Gasteiger partial charge in [-0.3, -0.25) is 0 Å². The number of anilines is 1. The third kappa shape index (κ3) is 2.07. The zero-order chi connectivity index (χ0) is 10.7. The van der Waals surface area contributed by atoms with E-state index < -0.39 is 0 Å². The predicted octanol–water partition coefficient (Wildman–Crippen LogP) is 0.0931. The fourth-order valence-electron chi connectivity index (χ4n) is 1.41. The molecule has 0 atom stereocenters. The van der Waals surface area contributed by atoms with Crippen LogP contribution in [0.4, 0.5) is 5.82 Å². The van der Waals surface area contributed by atoms with Crippen molar-refractivity contribution in [3.8, 4) is 0 Å². The molecule has 15 heavy (non-hydrogen) atoms. The van der Waals surface area contributed by atoms with Gasteiger partial charge in [-0.25, -0.2) is 4.63 Å². The van der Waals surface area contributed by atoms with Crippen molar-refractivity contribution in [1.82, 2.24) is 10.3 Å². The van der Waals surface area contributed by atoms with Crippen molar-refractivity contribution in [2.45, 2.75) is 0 Å². The number of nitrogens with zero attached hydrogens (tertiary/aromatic N) is 3. The van der Waals surface area contributed by atoms with E-state index in [9.17, 15) is 0 Å². The molecule has 6 nitrogen and oxygen atoms in total. The molecule has 2 rings (SSSR count). The quantitative estimate of drug-likeness (QED) is 0.699. The number of hydrogen-bond acceptors (Lipinski definition) is 7. The molecular weight excluding hydrogens is 216 g/mol. The van der Waals surface area contributed by atoms with Crippen LogP contribution in [0.5, 0.6) is 0 Å². The normalized spacial score (nSPS) is 18.2. The van der Waals surface area contributed by atoms with Crippen LogP contribution in [0.3, 0.4) is 0 Å². The van der Waals surface area contributed by atoms with Gasteiger partial charge in [-0.05, 0) is 15.7 Å². The van der Waals surface area contributed by atoms with Crippen LogP contribution in [0.15, 0.2) is 10.0 Å². The lowest BCUT2D eigenvalue weighted by molar-refractivity contribution is 0.122. The van der Waals surface area contributed by atoms with Gasteiger partial charge < -0.3 is 15.4 Å². The van der Waals surface area contributed by atoms with Gasteiger partial charge in [0.15, 0.2) is 5.69 Å². The molecule has 1 aliphatic rings. The summed E-state index contributed by atoms with van der Waals surface area (Å²) in [5.41, 5.74) is 6.69. The van der Waals surface area contributed by atoms with E-state index >= 15 is 0 Å². The molecule has 7 heteroatoms. The first kappa shape index (κ1) is 10.3. The van der Waals surface area contributed by atoms with Crippen molar-refractivity contribution in [3.05, 3.63) is 11.1 Å². The van der Waals surface area contributed by atoms with E-state index in [1.807, 2.05) is 4.90 Å². The topological polar surface area (TPSA) is 77.4 Å². The number of rotatable bonds is 2.